The van der Waals surface area contributed by atoms with E-state index in [4.69, 9.17) is 0 Å². The highest BCUT2D eigenvalue weighted by molar-refractivity contribution is 5.86. The van der Waals surface area contributed by atoms with Crippen LogP contribution < -0.4 is 10.6 Å². The highest BCUT2D eigenvalue weighted by Crippen LogP contribution is 2.08. The lowest BCUT2D eigenvalue weighted by atomic mass is 10.1. The van der Waals surface area contributed by atoms with Gasteiger partial charge >= 0.3 is 5.97 Å². The number of nitrogens with one attached hydrogen (secondary N) is 2. The van der Waals surface area contributed by atoms with E-state index in [0.717, 1.165) is 13.0 Å². The first-order valence-electron chi connectivity index (χ1n) is 5.28. The summed E-state index contributed by atoms with van der Waals surface area (Å²) in [7, 11) is 1.33. The summed E-state index contributed by atoms with van der Waals surface area (Å²) < 4.78 is 4.60. The second-order valence-electron chi connectivity index (χ2n) is 3.68. The maximum atomic E-state index is 11.7. The van der Waals surface area contributed by atoms with Crippen LogP contribution in [0.1, 0.15) is 19.8 Å². The fourth-order valence-electron chi connectivity index (χ4n) is 1.64. The number of hydrogen-bond donors (Lipinski definition) is 2. The fourth-order valence-corrected chi connectivity index (χ4v) is 1.64. The Morgan fingerprint density at radius 3 is 2.69 bits per heavy atom. The highest BCUT2D eigenvalue weighted by atomic mass is 35.5. The summed E-state index contributed by atoms with van der Waals surface area (Å²) in [4.78, 5) is 22.9. The molecule has 2 unspecified atom stereocenters. The fraction of sp³-hybridized carbons (Fsp3) is 0.800. The molecule has 1 aliphatic rings. The third-order valence-electron chi connectivity index (χ3n) is 2.64. The molecule has 1 fully saturated rings. The predicted molar refractivity (Wildman–Crippen MR) is 62.5 cm³/mol. The van der Waals surface area contributed by atoms with Crippen LogP contribution in [0, 0.1) is 5.92 Å². The summed E-state index contributed by atoms with van der Waals surface area (Å²) in [6.07, 6.45) is 1.39. The molecule has 0 bridgehead atoms. The molecule has 1 aliphatic heterocycles. The van der Waals surface area contributed by atoms with E-state index in [1.165, 1.54) is 7.11 Å². The van der Waals surface area contributed by atoms with Crippen molar-refractivity contribution in [3.05, 3.63) is 0 Å². The van der Waals surface area contributed by atoms with Crippen molar-refractivity contribution < 1.29 is 14.3 Å². The molecule has 5 nitrogen and oxygen atoms in total. The summed E-state index contributed by atoms with van der Waals surface area (Å²) >= 11 is 0. The van der Waals surface area contributed by atoms with Gasteiger partial charge in [-0.25, -0.2) is 4.79 Å². The molecule has 0 aromatic carbocycles. The van der Waals surface area contributed by atoms with Crippen LogP contribution in [0.15, 0.2) is 0 Å². The molecule has 94 valence electrons. The molecular weight excluding hydrogens is 232 g/mol. The molecule has 0 aliphatic carbocycles. The van der Waals surface area contributed by atoms with Crippen LogP contribution in [0.2, 0.25) is 0 Å². The standard InChI is InChI=1S/C10H18N2O3.ClH/c1-3-8(10(14)15-2)12-9(13)7-4-5-11-6-7;/h7-8,11H,3-6H2,1-2H3,(H,12,13);1H. The lowest BCUT2D eigenvalue weighted by Gasteiger charge is -2.16. The second kappa shape index (κ2) is 7.46. The van der Waals surface area contributed by atoms with Gasteiger partial charge in [0.05, 0.1) is 13.0 Å². The van der Waals surface area contributed by atoms with Gasteiger partial charge in [0.1, 0.15) is 6.04 Å². The van der Waals surface area contributed by atoms with Gasteiger partial charge in [-0.3, -0.25) is 4.79 Å². The van der Waals surface area contributed by atoms with Crippen LogP contribution in [-0.4, -0.2) is 38.1 Å². The van der Waals surface area contributed by atoms with Crippen LogP contribution in [0.5, 0.6) is 0 Å². The molecule has 0 radical (unpaired) electrons. The topological polar surface area (TPSA) is 67.4 Å². The largest absolute Gasteiger partial charge is 0.467 e. The van der Waals surface area contributed by atoms with Gasteiger partial charge in [-0.2, -0.15) is 0 Å². The quantitative estimate of drug-likeness (QED) is 0.694. The molecule has 1 amide bonds. The zero-order valence-electron chi connectivity index (χ0n) is 9.62. The Morgan fingerprint density at radius 2 is 2.25 bits per heavy atom. The summed E-state index contributed by atoms with van der Waals surface area (Å²) in [5, 5.41) is 5.82. The molecule has 1 heterocycles. The van der Waals surface area contributed by atoms with E-state index in [1.807, 2.05) is 6.92 Å². The lowest BCUT2D eigenvalue weighted by molar-refractivity contribution is -0.145. The minimum Gasteiger partial charge on any atom is -0.467 e. The zero-order valence-corrected chi connectivity index (χ0v) is 10.4. The lowest BCUT2D eigenvalue weighted by Crippen LogP contribution is -2.44. The predicted octanol–water partition coefficient (Wildman–Crippen LogP) is 0.0855. The average Bonchev–Trinajstić information content (AvgIpc) is 2.77. The van der Waals surface area contributed by atoms with E-state index < -0.39 is 6.04 Å². The smallest absolute Gasteiger partial charge is 0.328 e. The van der Waals surface area contributed by atoms with Gasteiger partial charge in [-0.1, -0.05) is 6.92 Å². The van der Waals surface area contributed by atoms with Gasteiger partial charge < -0.3 is 15.4 Å². The number of carbonyl (C=O) groups is 2. The Kier molecular flexibility index (Phi) is 7.08. The second-order valence-corrected chi connectivity index (χ2v) is 3.68. The van der Waals surface area contributed by atoms with E-state index in [9.17, 15) is 9.59 Å². The number of halogens is 1. The normalized spacial score (nSPS) is 20.8. The Bertz CT molecular complexity index is 242. The van der Waals surface area contributed by atoms with Crippen LogP contribution >= 0.6 is 12.4 Å². The number of esters is 1. The SMILES string of the molecule is CCC(NC(=O)C1CCNC1)C(=O)OC.Cl. The first-order valence-corrected chi connectivity index (χ1v) is 5.28. The zero-order chi connectivity index (χ0) is 11.3. The van der Waals surface area contributed by atoms with Crippen molar-refractivity contribution >= 4 is 24.3 Å². The molecule has 1 saturated heterocycles. The van der Waals surface area contributed by atoms with Gasteiger partial charge in [0, 0.05) is 6.54 Å². The number of methoxy groups -OCH3 is 1. The first kappa shape index (κ1) is 15.2. The average molecular weight is 251 g/mol. The van der Waals surface area contributed by atoms with Gasteiger partial charge in [0.2, 0.25) is 5.91 Å². The van der Waals surface area contributed by atoms with Crippen molar-refractivity contribution in [1.29, 1.82) is 0 Å². The molecule has 16 heavy (non-hydrogen) atoms. The number of amides is 1. The Hall–Kier alpha value is -0.810. The molecule has 0 spiro atoms. The maximum absolute atomic E-state index is 11.7. The monoisotopic (exact) mass is 250 g/mol. The van der Waals surface area contributed by atoms with Crippen molar-refractivity contribution in [3.8, 4) is 0 Å². The van der Waals surface area contributed by atoms with Crippen molar-refractivity contribution in [2.75, 3.05) is 20.2 Å². The van der Waals surface area contributed by atoms with Crippen molar-refractivity contribution in [3.63, 3.8) is 0 Å². The van der Waals surface area contributed by atoms with Gasteiger partial charge in [-0.15, -0.1) is 12.4 Å². The molecule has 1 rings (SSSR count). The van der Waals surface area contributed by atoms with Gasteiger partial charge in [-0.05, 0) is 19.4 Å². The summed E-state index contributed by atoms with van der Waals surface area (Å²) in [5.74, 6) is -0.447. The Morgan fingerprint density at radius 1 is 1.56 bits per heavy atom. The summed E-state index contributed by atoms with van der Waals surface area (Å²) in [5.41, 5.74) is 0. The highest BCUT2D eigenvalue weighted by Gasteiger charge is 2.26. The van der Waals surface area contributed by atoms with Crippen molar-refractivity contribution in [2.24, 2.45) is 5.92 Å². The van der Waals surface area contributed by atoms with E-state index in [2.05, 4.69) is 15.4 Å². The van der Waals surface area contributed by atoms with Crippen LogP contribution in [0.3, 0.4) is 0 Å². The number of ether oxygens (including phenoxy) is 1. The summed E-state index contributed by atoms with van der Waals surface area (Å²) in [6.45, 7) is 3.41. The molecule has 2 atom stereocenters. The Balaban J connectivity index is 0.00000225. The molecule has 6 heteroatoms. The number of hydrogen-bond acceptors (Lipinski definition) is 4. The number of rotatable bonds is 4. The van der Waals surface area contributed by atoms with E-state index in [-0.39, 0.29) is 30.2 Å². The maximum Gasteiger partial charge on any atom is 0.328 e. The van der Waals surface area contributed by atoms with Crippen molar-refractivity contribution in [1.82, 2.24) is 10.6 Å². The van der Waals surface area contributed by atoms with Gasteiger partial charge in [0.15, 0.2) is 0 Å². The van der Waals surface area contributed by atoms with E-state index in [0.29, 0.717) is 13.0 Å². The minimum atomic E-state index is -0.511. The molecular formula is C10H19ClN2O3. The van der Waals surface area contributed by atoms with Gasteiger partial charge in [0.25, 0.3) is 0 Å². The summed E-state index contributed by atoms with van der Waals surface area (Å²) in [6, 6.07) is -0.511. The molecule has 0 aromatic rings. The van der Waals surface area contributed by atoms with E-state index >= 15 is 0 Å². The van der Waals surface area contributed by atoms with E-state index in [1.54, 1.807) is 0 Å². The first-order chi connectivity index (χ1) is 7.19. The Labute approximate surface area is 102 Å². The molecule has 0 saturated carbocycles. The van der Waals surface area contributed by atoms with Crippen LogP contribution in [-0.2, 0) is 14.3 Å². The van der Waals surface area contributed by atoms with Crippen molar-refractivity contribution in [2.45, 2.75) is 25.8 Å². The third kappa shape index (κ3) is 3.98. The van der Waals surface area contributed by atoms with Crippen LogP contribution in [0.4, 0.5) is 0 Å². The third-order valence-corrected chi connectivity index (χ3v) is 2.64. The minimum absolute atomic E-state index is 0. The van der Waals surface area contributed by atoms with Crippen LogP contribution in [0.25, 0.3) is 0 Å². The molecule has 2 N–H and O–H groups in total. The molecule has 0 aromatic heterocycles. The number of carbonyl (C=O) groups excluding carboxylic acids is 2.